The molecular formula is C20H20O3. The highest BCUT2D eigenvalue weighted by Crippen LogP contribution is 2.29. The lowest BCUT2D eigenvalue weighted by molar-refractivity contribution is 0.368. The van der Waals surface area contributed by atoms with Gasteiger partial charge in [-0.3, -0.25) is 4.79 Å². The summed E-state index contributed by atoms with van der Waals surface area (Å²) in [7, 11) is 1.47. The van der Waals surface area contributed by atoms with Crippen LogP contribution in [0.2, 0.25) is 0 Å². The van der Waals surface area contributed by atoms with Crippen LogP contribution < -0.4 is 5.43 Å². The van der Waals surface area contributed by atoms with Crippen LogP contribution in [-0.2, 0) is 11.2 Å². The molecule has 3 heteroatoms. The molecule has 0 aliphatic rings. The highest BCUT2D eigenvalue weighted by Gasteiger charge is 2.21. The van der Waals surface area contributed by atoms with Crippen molar-refractivity contribution in [3.05, 3.63) is 76.9 Å². The summed E-state index contributed by atoms with van der Waals surface area (Å²) in [5, 5.41) is 0. The molecule has 0 aliphatic heterocycles. The van der Waals surface area contributed by atoms with Gasteiger partial charge in [-0.05, 0) is 29.7 Å². The van der Waals surface area contributed by atoms with E-state index in [-0.39, 0.29) is 16.8 Å². The maximum absolute atomic E-state index is 13.1. The SMILES string of the molecule is C=Cc1oc(C=C)c(-c2ccccc2CC)c(=O)c1C(=C)OC. The third kappa shape index (κ3) is 2.90. The molecule has 1 aromatic carbocycles. The Morgan fingerprint density at radius 2 is 1.87 bits per heavy atom. The normalized spacial score (nSPS) is 10.2. The molecule has 0 unspecified atom stereocenters. The summed E-state index contributed by atoms with van der Waals surface area (Å²) in [6, 6.07) is 7.75. The fourth-order valence-corrected chi connectivity index (χ4v) is 2.55. The molecular weight excluding hydrogens is 288 g/mol. The molecule has 23 heavy (non-hydrogen) atoms. The average molecular weight is 308 g/mol. The van der Waals surface area contributed by atoms with Crippen LogP contribution in [0.1, 0.15) is 29.6 Å². The van der Waals surface area contributed by atoms with Crippen molar-refractivity contribution in [1.82, 2.24) is 0 Å². The number of rotatable bonds is 6. The van der Waals surface area contributed by atoms with Crippen molar-refractivity contribution in [3.63, 3.8) is 0 Å². The monoisotopic (exact) mass is 308 g/mol. The van der Waals surface area contributed by atoms with E-state index in [0.29, 0.717) is 17.1 Å². The Kier molecular flexibility index (Phi) is 5.02. The predicted molar refractivity (Wildman–Crippen MR) is 96.0 cm³/mol. The highest BCUT2D eigenvalue weighted by atomic mass is 16.5. The maximum Gasteiger partial charge on any atom is 0.204 e. The first-order valence-electron chi connectivity index (χ1n) is 7.36. The summed E-state index contributed by atoms with van der Waals surface area (Å²) >= 11 is 0. The van der Waals surface area contributed by atoms with Crippen molar-refractivity contribution in [2.45, 2.75) is 13.3 Å². The Morgan fingerprint density at radius 3 is 2.43 bits per heavy atom. The summed E-state index contributed by atoms with van der Waals surface area (Å²) in [6.07, 6.45) is 3.81. The van der Waals surface area contributed by atoms with Gasteiger partial charge in [0, 0.05) is 0 Å². The number of hydrogen-bond acceptors (Lipinski definition) is 3. The minimum Gasteiger partial charge on any atom is -0.496 e. The van der Waals surface area contributed by atoms with E-state index in [4.69, 9.17) is 9.15 Å². The molecule has 2 rings (SSSR count). The van der Waals surface area contributed by atoms with Crippen LogP contribution in [0.5, 0.6) is 0 Å². The van der Waals surface area contributed by atoms with E-state index in [1.54, 1.807) is 0 Å². The van der Waals surface area contributed by atoms with Gasteiger partial charge in [-0.1, -0.05) is 50.9 Å². The van der Waals surface area contributed by atoms with E-state index in [0.717, 1.165) is 17.5 Å². The van der Waals surface area contributed by atoms with Gasteiger partial charge in [0.2, 0.25) is 5.43 Å². The fourth-order valence-electron chi connectivity index (χ4n) is 2.55. The zero-order chi connectivity index (χ0) is 17.0. The van der Waals surface area contributed by atoms with Crippen LogP contribution in [0.4, 0.5) is 0 Å². The van der Waals surface area contributed by atoms with E-state index in [2.05, 4.69) is 19.7 Å². The zero-order valence-corrected chi connectivity index (χ0v) is 13.5. The molecule has 1 heterocycles. The molecule has 3 nitrogen and oxygen atoms in total. The molecule has 0 saturated heterocycles. The standard InChI is InChI=1S/C20H20O3/c1-6-14-11-9-10-12-15(14)19-17(8-3)23-16(7-2)18(20(19)21)13(4)22-5/h7-12H,2-4,6H2,1,5H3. The van der Waals surface area contributed by atoms with Gasteiger partial charge in [-0.25, -0.2) is 0 Å². The number of aryl methyl sites for hydroxylation is 1. The van der Waals surface area contributed by atoms with E-state index >= 15 is 0 Å². The van der Waals surface area contributed by atoms with Gasteiger partial charge in [-0.15, -0.1) is 0 Å². The van der Waals surface area contributed by atoms with Crippen LogP contribution in [-0.4, -0.2) is 7.11 Å². The largest absolute Gasteiger partial charge is 0.496 e. The lowest BCUT2D eigenvalue weighted by Crippen LogP contribution is -2.15. The predicted octanol–water partition coefficient (Wildman–Crippen LogP) is 4.77. The molecule has 1 aromatic heterocycles. The number of methoxy groups -OCH3 is 1. The lowest BCUT2D eigenvalue weighted by atomic mass is 9.95. The molecule has 2 aromatic rings. The van der Waals surface area contributed by atoms with Crippen molar-refractivity contribution in [3.8, 4) is 11.1 Å². The minimum absolute atomic E-state index is 0.200. The molecule has 0 fully saturated rings. The maximum atomic E-state index is 13.1. The first-order chi connectivity index (χ1) is 11.1. The smallest absolute Gasteiger partial charge is 0.204 e. The fraction of sp³-hybridized carbons (Fsp3) is 0.150. The second kappa shape index (κ2) is 6.97. The van der Waals surface area contributed by atoms with Gasteiger partial charge >= 0.3 is 0 Å². The van der Waals surface area contributed by atoms with Crippen molar-refractivity contribution >= 4 is 17.9 Å². The van der Waals surface area contributed by atoms with Gasteiger partial charge in [0.25, 0.3) is 0 Å². The molecule has 0 spiro atoms. The second-order valence-electron chi connectivity index (χ2n) is 4.96. The van der Waals surface area contributed by atoms with E-state index in [9.17, 15) is 4.79 Å². The number of benzene rings is 1. The van der Waals surface area contributed by atoms with Crippen molar-refractivity contribution in [2.75, 3.05) is 7.11 Å². The van der Waals surface area contributed by atoms with Crippen LogP contribution in [0.3, 0.4) is 0 Å². The van der Waals surface area contributed by atoms with Crippen molar-refractivity contribution < 1.29 is 9.15 Å². The third-order valence-electron chi connectivity index (χ3n) is 3.73. The first kappa shape index (κ1) is 16.6. The Morgan fingerprint density at radius 1 is 1.22 bits per heavy atom. The van der Waals surface area contributed by atoms with E-state index in [1.807, 2.05) is 31.2 Å². The van der Waals surface area contributed by atoms with Gasteiger partial charge in [0.05, 0.1) is 12.7 Å². The molecule has 0 atom stereocenters. The molecule has 0 aliphatic carbocycles. The van der Waals surface area contributed by atoms with Crippen molar-refractivity contribution in [1.29, 1.82) is 0 Å². The summed E-state index contributed by atoms with van der Waals surface area (Å²) in [4.78, 5) is 13.1. The summed E-state index contributed by atoms with van der Waals surface area (Å²) < 4.78 is 11.0. The molecule has 0 radical (unpaired) electrons. The zero-order valence-electron chi connectivity index (χ0n) is 13.5. The summed E-state index contributed by atoms with van der Waals surface area (Å²) in [5.74, 6) is 0.993. The average Bonchev–Trinajstić information content (AvgIpc) is 2.60. The van der Waals surface area contributed by atoms with Gasteiger partial charge in [0.15, 0.2) is 0 Å². The summed E-state index contributed by atoms with van der Waals surface area (Å²) in [5.41, 5.74) is 2.45. The molecule has 0 N–H and O–H groups in total. The molecule has 0 bridgehead atoms. The lowest BCUT2D eigenvalue weighted by Gasteiger charge is -2.14. The van der Waals surface area contributed by atoms with Crippen LogP contribution >= 0.6 is 0 Å². The minimum atomic E-state index is -0.200. The Balaban J connectivity index is 2.93. The van der Waals surface area contributed by atoms with Crippen molar-refractivity contribution in [2.24, 2.45) is 0 Å². The second-order valence-corrected chi connectivity index (χ2v) is 4.96. The molecule has 0 amide bonds. The molecule has 0 saturated carbocycles. The van der Waals surface area contributed by atoms with Gasteiger partial charge in [-0.2, -0.15) is 0 Å². The quantitative estimate of drug-likeness (QED) is 0.721. The summed E-state index contributed by atoms with van der Waals surface area (Å²) in [6.45, 7) is 13.3. The Hall–Kier alpha value is -2.81. The number of ether oxygens (including phenoxy) is 1. The molecule has 118 valence electrons. The van der Waals surface area contributed by atoms with Gasteiger partial charge < -0.3 is 9.15 Å². The number of hydrogen-bond donors (Lipinski definition) is 0. The topological polar surface area (TPSA) is 39.4 Å². The van der Waals surface area contributed by atoms with E-state index < -0.39 is 0 Å². The van der Waals surface area contributed by atoms with Gasteiger partial charge in [0.1, 0.15) is 22.8 Å². The van der Waals surface area contributed by atoms with Crippen LogP contribution in [0.25, 0.3) is 29.0 Å². The Bertz CT molecular complexity index is 825. The highest BCUT2D eigenvalue weighted by molar-refractivity contribution is 5.79. The van der Waals surface area contributed by atoms with E-state index in [1.165, 1.54) is 19.3 Å². The first-order valence-corrected chi connectivity index (χ1v) is 7.36. The third-order valence-corrected chi connectivity index (χ3v) is 3.73. The van der Waals surface area contributed by atoms with Crippen LogP contribution in [0.15, 0.2) is 53.2 Å². The van der Waals surface area contributed by atoms with Crippen LogP contribution in [0, 0.1) is 0 Å². The Labute approximate surface area is 136 Å².